The molecule has 0 aliphatic heterocycles. The molecule has 1 aromatic carbocycles. The summed E-state index contributed by atoms with van der Waals surface area (Å²) in [6, 6.07) is 3.73. The Bertz CT molecular complexity index is 534. The molecule has 0 atom stereocenters. The van der Waals surface area contributed by atoms with Gasteiger partial charge in [-0.05, 0) is 6.07 Å². The minimum absolute atomic E-state index is 0.177. The number of hydrogen-bond acceptors (Lipinski definition) is 6. The number of halogens is 1. The molecule has 1 aromatic rings. The molecule has 0 unspecified atom stereocenters. The van der Waals surface area contributed by atoms with Gasteiger partial charge in [-0.1, -0.05) is 23.7 Å². The van der Waals surface area contributed by atoms with E-state index in [-0.39, 0.29) is 10.6 Å². The maximum Gasteiger partial charge on any atom is 0.292 e. The molecule has 1 aliphatic rings. The molecule has 17 heavy (non-hydrogen) atoms. The lowest BCUT2D eigenvalue weighted by Gasteiger charge is -2.36. The highest BCUT2D eigenvalue weighted by atomic mass is 35.5. The Labute approximate surface area is 99.7 Å². The quantitative estimate of drug-likeness (QED) is 0.448. The van der Waals surface area contributed by atoms with Crippen LogP contribution in [0.15, 0.2) is 18.2 Å². The summed E-state index contributed by atoms with van der Waals surface area (Å²) >= 11 is 5.66. The van der Waals surface area contributed by atoms with Gasteiger partial charge in [0.15, 0.2) is 0 Å². The highest BCUT2D eigenvalue weighted by molar-refractivity contribution is 6.36. The monoisotopic (exact) mass is 258 g/mol. The topological polar surface area (TPSA) is 115 Å². The number of carbonyl (C=O) groups excluding carboxylic acids is 2. The van der Waals surface area contributed by atoms with Crippen LogP contribution in [0.1, 0.15) is 20.7 Å². The zero-order valence-electron chi connectivity index (χ0n) is 8.22. The van der Waals surface area contributed by atoms with Crippen LogP contribution in [0.4, 0.5) is 0 Å². The Hall–Kier alpha value is -1.31. The lowest BCUT2D eigenvalue weighted by Crippen LogP contribution is -2.66. The summed E-state index contributed by atoms with van der Waals surface area (Å²) in [5, 5.41) is 37.1. The van der Waals surface area contributed by atoms with Crippen LogP contribution in [-0.4, -0.2) is 43.6 Å². The number of hydrogen-bond donors (Lipinski definition) is 4. The van der Waals surface area contributed by atoms with Gasteiger partial charge in [0, 0.05) is 5.56 Å². The lowest BCUT2D eigenvalue weighted by molar-refractivity contribution is -0.299. The van der Waals surface area contributed by atoms with Gasteiger partial charge in [-0.25, -0.2) is 0 Å². The average molecular weight is 259 g/mol. The lowest BCUT2D eigenvalue weighted by atomic mass is 9.80. The molecule has 90 valence electrons. The van der Waals surface area contributed by atoms with Gasteiger partial charge in [0.25, 0.3) is 11.6 Å². The van der Waals surface area contributed by atoms with Crippen molar-refractivity contribution in [3.05, 3.63) is 34.3 Å². The third-order valence-corrected chi connectivity index (χ3v) is 2.92. The SMILES string of the molecule is O=C1c2cccc(Cl)c2C(=O)C(O)(O)C1(O)O. The Kier molecular flexibility index (Phi) is 2.39. The van der Waals surface area contributed by atoms with Crippen LogP contribution in [0.2, 0.25) is 5.02 Å². The fourth-order valence-corrected chi connectivity index (χ4v) is 1.88. The maximum absolute atomic E-state index is 11.7. The van der Waals surface area contributed by atoms with Crippen molar-refractivity contribution in [3.63, 3.8) is 0 Å². The van der Waals surface area contributed by atoms with Gasteiger partial charge >= 0.3 is 0 Å². The van der Waals surface area contributed by atoms with Crippen molar-refractivity contribution in [1.82, 2.24) is 0 Å². The number of aliphatic hydroxyl groups is 4. The molecule has 0 heterocycles. The normalized spacial score (nSPS) is 21.2. The third kappa shape index (κ3) is 1.36. The minimum Gasteiger partial charge on any atom is -0.355 e. The molecule has 0 fully saturated rings. The Balaban J connectivity index is 2.82. The molecule has 4 N–H and O–H groups in total. The van der Waals surface area contributed by atoms with E-state index in [9.17, 15) is 30.0 Å². The van der Waals surface area contributed by atoms with Crippen molar-refractivity contribution < 1.29 is 30.0 Å². The second-order valence-corrected chi connectivity index (χ2v) is 4.07. The van der Waals surface area contributed by atoms with Crippen LogP contribution in [-0.2, 0) is 0 Å². The van der Waals surface area contributed by atoms with E-state index in [2.05, 4.69) is 0 Å². The summed E-state index contributed by atoms with van der Waals surface area (Å²) in [6.07, 6.45) is 0. The Morgan fingerprint density at radius 1 is 0.941 bits per heavy atom. The van der Waals surface area contributed by atoms with Crippen LogP contribution in [0.3, 0.4) is 0 Å². The Morgan fingerprint density at radius 3 is 2.06 bits per heavy atom. The van der Waals surface area contributed by atoms with Crippen molar-refractivity contribution in [2.45, 2.75) is 11.6 Å². The molecule has 1 aliphatic carbocycles. The molecule has 0 aromatic heterocycles. The summed E-state index contributed by atoms with van der Waals surface area (Å²) < 4.78 is 0. The molecule has 0 amide bonds. The predicted molar refractivity (Wildman–Crippen MR) is 54.5 cm³/mol. The van der Waals surface area contributed by atoms with Crippen LogP contribution in [0, 0.1) is 0 Å². The van der Waals surface area contributed by atoms with Crippen molar-refractivity contribution in [2.75, 3.05) is 0 Å². The number of rotatable bonds is 0. The zero-order valence-corrected chi connectivity index (χ0v) is 8.97. The van der Waals surface area contributed by atoms with Gasteiger partial charge in [-0.2, -0.15) is 0 Å². The third-order valence-electron chi connectivity index (χ3n) is 2.60. The van der Waals surface area contributed by atoms with Crippen LogP contribution in [0.25, 0.3) is 0 Å². The van der Waals surface area contributed by atoms with Crippen LogP contribution in [0.5, 0.6) is 0 Å². The van der Waals surface area contributed by atoms with E-state index in [0.717, 1.165) is 6.07 Å². The Morgan fingerprint density at radius 2 is 1.47 bits per heavy atom. The molecule has 0 radical (unpaired) electrons. The second kappa shape index (κ2) is 3.34. The molecular weight excluding hydrogens is 252 g/mol. The standard InChI is InChI=1S/C10H7ClO6/c11-5-3-1-2-4-6(5)8(13)10(16,17)9(14,15)7(4)12/h1-3,14-17H. The van der Waals surface area contributed by atoms with E-state index < -0.39 is 28.7 Å². The van der Waals surface area contributed by atoms with Gasteiger partial charge in [-0.15, -0.1) is 0 Å². The number of carbonyl (C=O) groups is 2. The van der Waals surface area contributed by atoms with E-state index in [0.29, 0.717) is 0 Å². The van der Waals surface area contributed by atoms with Gasteiger partial charge in [0.05, 0.1) is 10.6 Å². The van der Waals surface area contributed by atoms with E-state index in [1.165, 1.54) is 12.1 Å². The molecule has 6 nitrogen and oxygen atoms in total. The number of ketones is 2. The van der Waals surface area contributed by atoms with Crippen molar-refractivity contribution >= 4 is 23.2 Å². The van der Waals surface area contributed by atoms with E-state index >= 15 is 0 Å². The van der Waals surface area contributed by atoms with Crippen molar-refractivity contribution in [2.24, 2.45) is 0 Å². The first-order chi connectivity index (χ1) is 7.71. The van der Waals surface area contributed by atoms with Gasteiger partial charge in [-0.3, -0.25) is 9.59 Å². The van der Waals surface area contributed by atoms with Crippen molar-refractivity contribution in [1.29, 1.82) is 0 Å². The maximum atomic E-state index is 11.7. The molecule has 7 heteroatoms. The number of fused-ring (bicyclic) bond motifs is 1. The summed E-state index contributed by atoms with van der Waals surface area (Å²) in [5.74, 6) is -10.1. The highest BCUT2D eigenvalue weighted by Crippen LogP contribution is 2.36. The first kappa shape index (κ1) is 12.2. The summed E-state index contributed by atoms with van der Waals surface area (Å²) in [7, 11) is 0. The van der Waals surface area contributed by atoms with Crippen LogP contribution < -0.4 is 0 Å². The van der Waals surface area contributed by atoms with Gasteiger partial charge in [0.1, 0.15) is 0 Å². The van der Waals surface area contributed by atoms with E-state index in [1.807, 2.05) is 0 Å². The van der Waals surface area contributed by atoms with Crippen molar-refractivity contribution in [3.8, 4) is 0 Å². The summed E-state index contributed by atoms with van der Waals surface area (Å²) in [4.78, 5) is 23.3. The first-order valence-electron chi connectivity index (χ1n) is 4.49. The predicted octanol–water partition coefficient (Wildman–Crippen LogP) is -0.919. The highest BCUT2D eigenvalue weighted by Gasteiger charge is 2.63. The fourth-order valence-electron chi connectivity index (χ4n) is 1.62. The van der Waals surface area contributed by atoms with E-state index in [4.69, 9.17) is 11.6 Å². The molecule has 0 saturated heterocycles. The first-order valence-corrected chi connectivity index (χ1v) is 4.86. The van der Waals surface area contributed by atoms with Gasteiger partial charge in [0.2, 0.25) is 11.6 Å². The molecule has 0 bridgehead atoms. The second-order valence-electron chi connectivity index (χ2n) is 3.67. The van der Waals surface area contributed by atoms with Gasteiger partial charge < -0.3 is 20.4 Å². The van der Waals surface area contributed by atoms with E-state index in [1.54, 1.807) is 0 Å². The molecule has 0 saturated carbocycles. The largest absolute Gasteiger partial charge is 0.355 e. The zero-order chi connectivity index (χ0) is 13.0. The fraction of sp³-hybridized carbons (Fsp3) is 0.200. The minimum atomic E-state index is -3.62. The smallest absolute Gasteiger partial charge is 0.292 e. The molecule has 2 rings (SSSR count). The summed E-state index contributed by atoms with van der Waals surface area (Å²) in [6.45, 7) is 0. The van der Waals surface area contributed by atoms with Crippen LogP contribution >= 0.6 is 11.6 Å². The number of Topliss-reactive ketones (excluding diaryl/α,β-unsaturated/α-hetero) is 2. The summed E-state index contributed by atoms with van der Waals surface area (Å²) in [5.41, 5.74) is -0.811. The number of benzene rings is 1. The average Bonchev–Trinajstić information content (AvgIpc) is 2.25. The molecular formula is C10H7ClO6. The molecule has 0 spiro atoms.